The van der Waals surface area contributed by atoms with Gasteiger partial charge in [-0.15, -0.1) is 0 Å². The second kappa shape index (κ2) is 11.3. The fraction of sp³-hybridized carbons (Fsp3) is 0.161. The Balaban J connectivity index is 1.54. The second-order valence-corrected chi connectivity index (χ2v) is 10.4. The molecule has 0 radical (unpaired) electrons. The van der Waals surface area contributed by atoms with Crippen LogP contribution in [-0.2, 0) is 20.9 Å². The Morgan fingerprint density at radius 3 is 2.46 bits per heavy atom. The number of hydrogen-bond donors (Lipinski definition) is 1. The summed E-state index contributed by atoms with van der Waals surface area (Å²) in [5.74, 6) is -3.31. The Labute approximate surface area is 239 Å². The highest BCUT2D eigenvalue weighted by atomic mass is 32.1. The smallest absolute Gasteiger partial charge is 0.350 e. The maximum atomic E-state index is 15.1. The Bertz CT molecular complexity index is 1690. The highest BCUT2D eigenvalue weighted by Gasteiger charge is 2.49. The van der Waals surface area contributed by atoms with Crippen molar-refractivity contribution in [1.29, 1.82) is 0 Å². The minimum atomic E-state index is -1.33. The molecule has 0 saturated carbocycles. The SMILES string of the molecule is COC(=O)c1sc(N2C(=O)C(=O)C(=C(O)c3ccc(OCc4cccc(C)c4)cc3)C2c2ccccc2F)nc1C. The van der Waals surface area contributed by atoms with Gasteiger partial charge in [0.2, 0.25) is 0 Å². The van der Waals surface area contributed by atoms with Crippen molar-refractivity contribution in [2.75, 3.05) is 12.0 Å². The van der Waals surface area contributed by atoms with Gasteiger partial charge < -0.3 is 14.6 Å². The number of hydrogen-bond acceptors (Lipinski definition) is 8. The van der Waals surface area contributed by atoms with Crippen LogP contribution in [0.2, 0.25) is 0 Å². The van der Waals surface area contributed by atoms with E-state index < -0.39 is 35.3 Å². The monoisotopic (exact) mass is 572 g/mol. The van der Waals surface area contributed by atoms with Gasteiger partial charge in [0.1, 0.15) is 34.9 Å². The number of ketones is 1. The van der Waals surface area contributed by atoms with Gasteiger partial charge in [-0.3, -0.25) is 14.5 Å². The molecule has 1 atom stereocenters. The lowest BCUT2D eigenvalue weighted by molar-refractivity contribution is -0.132. The number of carbonyl (C=O) groups excluding carboxylic acids is 3. The van der Waals surface area contributed by atoms with Crippen LogP contribution in [-0.4, -0.2) is 34.9 Å². The van der Waals surface area contributed by atoms with Crippen molar-refractivity contribution in [3.8, 4) is 5.75 Å². The number of thiazole rings is 1. The number of rotatable bonds is 7. The first-order valence-electron chi connectivity index (χ1n) is 12.6. The van der Waals surface area contributed by atoms with Crippen molar-refractivity contribution < 1.29 is 33.4 Å². The summed E-state index contributed by atoms with van der Waals surface area (Å²) in [6.07, 6.45) is 0. The normalized spacial score (nSPS) is 16.2. The molecule has 1 unspecified atom stereocenters. The summed E-state index contributed by atoms with van der Waals surface area (Å²) in [4.78, 5) is 44.4. The van der Waals surface area contributed by atoms with Crippen molar-refractivity contribution >= 4 is 39.9 Å². The molecule has 208 valence electrons. The average molecular weight is 573 g/mol. The molecule has 0 spiro atoms. The molecule has 1 saturated heterocycles. The third-order valence-corrected chi connectivity index (χ3v) is 7.76. The number of methoxy groups -OCH3 is 1. The van der Waals surface area contributed by atoms with Crippen LogP contribution in [0.1, 0.15) is 43.7 Å². The lowest BCUT2D eigenvalue weighted by Gasteiger charge is -2.23. The number of aryl methyl sites for hydroxylation is 2. The van der Waals surface area contributed by atoms with E-state index in [1.54, 1.807) is 37.3 Å². The average Bonchev–Trinajstić information content (AvgIpc) is 3.47. The molecule has 2 heterocycles. The standard InChI is InChI=1S/C31H25FN2O6S/c1-17-7-6-8-19(15-17)16-40-21-13-11-20(12-14-21)26(35)24-25(22-9-4-5-10-23(22)32)34(29(37)27(24)36)31-33-18(2)28(41-31)30(38)39-3/h4-15,25,35H,16H2,1-3H3. The van der Waals surface area contributed by atoms with E-state index in [0.29, 0.717) is 12.4 Å². The number of anilines is 1. The van der Waals surface area contributed by atoms with Crippen molar-refractivity contribution in [3.05, 3.63) is 117 Å². The number of aromatic nitrogens is 1. The molecule has 5 rings (SSSR count). The minimum absolute atomic E-state index is 0.00259. The summed E-state index contributed by atoms with van der Waals surface area (Å²) >= 11 is 0.839. The number of carbonyl (C=O) groups is 3. The van der Waals surface area contributed by atoms with Crippen LogP contribution in [0, 0.1) is 19.7 Å². The van der Waals surface area contributed by atoms with Crippen molar-refractivity contribution in [3.63, 3.8) is 0 Å². The highest BCUT2D eigenvalue weighted by Crippen LogP contribution is 2.44. The fourth-order valence-electron chi connectivity index (χ4n) is 4.62. The summed E-state index contributed by atoms with van der Waals surface area (Å²) in [6, 6.07) is 18.6. The molecule has 3 aromatic carbocycles. The van der Waals surface area contributed by atoms with Gasteiger partial charge in [0.05, 0.1) is 18.4 Å². The van der Waals surface area contributed by atoms with Gasteiger partial charge in [-0.05, 0) is 49.7 Å². The zero-order chi connectivity index (χ0) is 29.3. The van der Waals surface area contributed by atoms with Crippen LogP contribution in [0.15, 0.2) is 78.4 Å². The maximum Gasteiger partial charge on any atom is 0.350 e. The van der Waals surface area contributed by atoms with E-state index in [9.17, 15) is 19.5 Å². The van der Waals surface area contributed by atoms with Crippen LogP contribution in [0.5, 0.6) is 5.75 Å². The van der Waals surface area contributed by atoms with Gasteiger partial charge in [-0.1, -0.05) is 59.4 Å². The molecule has 1 aromatic heterocycles. The lowest BCUT2D eigenvalue weighted by Crippen LogP contribution is -2.29. The number of halogens is 1. The van der Waals surface area contributed by atoms with E-state index in [4.69, 9.17) is 9.47 Å². The van der Waals surface area contributed by atoms with Crippen LogP contribution >= 0.6 is 11.3 Å². The molecule has 1 N–H and O–H groups in total. The topological polar surface area (TPSA) is 106 Å². The number of ether oxygens (including phenoxy) is 2. The van der Waals surface area contributed by atoms with Crippen LogP contribution < -0.4 is 9.64 Å². The molecular weight excluding hydrogens is 547 g/mol. The quantitative estimate of drug-likeness (QED) is 0.127. The molecule has 41 heavy (non-hydrogen) atoms. The van der Waals surface area contributed by atoms with Gasteiger partial charge in [0.25, 0.3) is 5.78 Å². The number of Topliss-reactive ketones (excluding diaryl/α,β-unsaturated/α-hetero) is 1. The molecular formula is C31H25FN2O6S. The molecule has 1 aliphatic heterocycles. The van der Waals surface area contributed by atoms with Crippen LogP contribution in [0.3, 0.4) is 0 Å². The zero-order valence-electron chi connectivity index (χ0n) is 22.4. The molecule has 0 bridgehead atoms. The Kier molecular flexibility index (Phi) is 7.67. The minimum Gasteiger partial charge on any atom is -0.507 e. The number of esters is 1. The van der Waals surface area contributed by atoms with Crippen molar-refractivity contribution in [2.24, 2.45) is 0 Å². The van der Waals surface area contributed by atoms with E-state index in [1.165, 1.54) is 25.3 Å². The van der Waals surface area contributed by atoms with Gasteiger partial charge in [-0.25, -0.2) is 14.2 Å². The zero-order valence-corrected chi connectivity index (χ0v) is 23.2. The number of amides is 1. The first-order valence-corrected chi connectivity index (χ1v) is 13.4. The maximum absolute atomic E-state index is 15.1. The van der Waals surface area contributed by atoms with Crippen LogP contribution in [0.4, 0.5) is 9.52 Å². The van der Waals surface area contributed by atoms with Crippen molar-refractivity contribution in [2.45, 2.75) is 26.5 Å². The van der Waals surface area contributed by atoms with E-state index in [-0.39, 0.29) is 32.4 Å². The van der Waals surface area contributed by atoms with Crippen LogP contribution in [0.25, 0.3) is 5.76 Å². The van der Waals surface area contributed by atoms with Gasteiger partial charge in [-0.2, -0.15) is 0 Å². The first-order chi connectivity index (χ1) is 19.7. The summed E-state index contributed by atoms with van der Waals surface area (Å²) < 4.78 is 25.8. The fourth-order valence-corrected chi connectivity index (χ4v) is 5.63. The van der Waals surface area contributed by atoms with E-state index in [0.717, 1.165) is 27.4 Å². The second-order valence-electron chi connectivity index (χ2n) is 9.40. The predicted octanol–water partition coefficient (Wildman–Crippen LogP) is 5.89. The van der Waals surface area contributed by atoms with Crippen molar-refractivity contribution in [1.82, 2.24) is 4.98 Å². The Morgan fingerprint density at radius 2 is 1.78 bits per heavy atom. The predicted molar refractivity (Wildman–Crippen MR) is 151 cm³/mol. The summed E-state index contributed by atoms with van der Waals surface area (Å²) in [7, 11) is 1.21. The van der Waals surface area contributed by atoms with Gasteiger partial charge in [0.15, 0.2) is 5.13 Å². The number of benzene rings is 3. The summed E-state index contributed by atoms with van der Waals surface area (Å²) in [6.45, 7) is 3.89. The van der Waals surface area contributed by atoms with Gasteiger partial charge >= 0.3 is 11.9 Å². The third-order valence-electron chi connectivity index (χ3n) is 6.62. The van der Waals surface area contributed by atoms with E-state index in [2.05, 4.69) is 4.98 Å². The Morgan fingerprint density at radius 1 is 1.05 bits per heavy atom. The molecule has 1 amide bonds. The Hall–Kier alpha value is -4.83. The lowest BCUT2D eigenvalue weighted by atomic mass is 9.95. The number of aliphatic hydroxyl groups excluding tert-OH is 1. The highest BCUT2D eigenvalue weighted by molar-refractivity contribution is 7.17. The molecule has 8 nitrogen and oxygen atoms in total. The summed E-state index contributed by atoms with van der Waals surface area (Å²) in [5.41, 5.74) is 2.31. The molecule has 1 fully saturated rings. The molecule has 4 aromatic rings. The van der Waals surface area contributed by atoms with Gasteiger partial charge in [0, 0.05) is 11.1 Å². The van der Waals surface area contributed by atoms with E-state index in [1.807, 2.05) is 31.2 Å². The molecule has 1 aliphatic rings. The first kappa shape index (κ1) is 27.7. The number of aliphatic hydroxyl groups is 1. The largest absolute Gasteiger partial charge is 0.507 e. The molecule has 10 heteroatoms. The van der Waals surface area contributed by atoms with E-state index >= 15 is 4.39 Å². The third kappa shape index (κ3) is 5.33. The summed E-state index contributed by atoms with van der Waals surface area (Å²) in [5, 5.41) is 11.3. The molecule has 0 aliphatic carbocycles. The number of nitrogens with zero attached hydrogens (tertiary/aromatic N) is 2.